The molecule has 58 heavy (non-hydrogen) atoms. The fourth-order valence-electron chi connectivity index (χ4n) is 6.88. The summed E-state index contributed by atoms with van der Waals surface area (Å²) in [6.45, 7) is 5.81. The molecule has 1 fully saturated rings. The minimum Gasteiger partial charge on any atom is -0.497 e. The van der Waals surface area contributed by atoms with E-state index in [0.717, 1.165) is 34.5 Å². The molecule has 13 heteroatoms. The average molecular weight is 800 g/mol. The van der Waals surface area contributed by atoms with Crippen molar-refractivity contribution >= 4 is 29.5 Å². The molecule has 0 radical (unpaired) electrons. The smallest absolute Gasteiger partial charge is 0.416 e. The lowest BCUT2D eigenvalue weighted by atomic mass is 10.0. The summed E-state index contributed by atoms with van der Waals surface area (Å²) in [5.41, 5.74) is 3.26. The molecule has 0 N–H and O–H groups in total. The third-order valence-electron chi connectivity index (χ3n) is 10.3. The number of hydrogen-bond donors (Lipinski definition) is 0. The number of ether oxygens (including phenoxy) is 2. The quantitative estimate of drug-likeness (QED) is 0.118. The minimum absolute atomic E-state index is 0.0543. The van der Waals surface area contributed by atoms with Crippen LogP contribution in [0.4, 0.5) is 18.9 Å². The fourth-order valence-corrected chi connectivity index (χ4v) is 6.88. The highest BCUT2D eigenvalue weighted by Crippen LogP contribution is 2.29. The van der Waals surface area contributed by atoms with Gasteiger partial charge >= 0.3 is 6.18 Å². The van der Waals surface area contributed by atoms with Gasteiger partial charge in [-0.25, -0.2) is 0 Å². The average Bonchev–Trinajstić information content (AvgIpc) is 3.23. The van der Waals surface area contributed by atoms with E-state index in [-0.39, 0.29) is 24.8 Å². The molecule has 0 spiro atoms. The second kappa shape index (κ2) is 20.0. The monoisotopic (exact) mass is 799 g/mol. The van der Waals surface area contributed by atoms with Gasteiger partial charge in [-0.05, 0) is 71.8 Å². The lowest BCUT2D eigenvalue weighted by Gasteiger charge is -2.36. The number of likely N-dealkylation sites (N-methyl/N-ethyl adjacent to an activating group) is 2. The first kappa shape index (κ1) is 43.3. The second-order valence-corrected chi connectivity index (χ2v) is 14.5. The molecule has 3 amide bonds. The van der Waals surface area contributed by atoms with Crippen molar-refractivity contribution in [1.82, 2.24) is 19.6 Å². The number of methoxy groups -OCH3 is 2. The summed E-state index contributed by atoms with van der Waals surface area (Å²) in [6.07, 6.45) is -1.47. The van der Waals surface area contributed by atoms with Gasteiger partial charge in [0.25, 0.3) is 0 Å². The highest BCUT2D eigenvalue weighted by molar-refractivity contribution is 5.95. The van der Waals surface area contributed by atoms with Crippen LogP contribution in [0.15, 0.2) is 103 Å². The zero-order valence-electron chi connectivity index (χ0n) is 33.7. The Bertz CT molecular complexity index is 1980. The topological polar surface area (TPSA) is 85.9 Å². The van der Waals surface area contributed by atoms with Crippen LogP contribution in [0.2, 0.25) is 0 Å². The number of rotatable bonds is 16. The van der Waals surface area contributed by atoms with Crippen LogP contribution in [-0.4, -0.2) is 111 Å². The number of anilines is 1. The van der Waals surface area contributed by atoms with Crippen molar-refractivity contribution in [3.05, 3.63) is 131 Å². The van der Waals surface area contributed by atoms with Crippen LogP contribution in [0.3, 0.4) is 0 Å². The van der Waals surface area contributed by atoms with E-state index in [2.05, 4.69) is 9.80 Å². The Labute approximate surface area is 339 Å². The minimum atomic E-state index is -4.48. The molecule has 0 aromatic heterocycles. The van der Waals surface area contributed by atoms with Crippen LogP contribution in [0.1, 0.15) is 34.7 Å². The van der Waals surface area contributed by atoms with E-state index in [4.69, 9.17) is 9.47 Å². The molecule has 308 valence electrons. The van der Waals surface area contributed by atoms with Crippen LogP contribution in [-0.2, 0) is 40.1 Å². The van der Waals surface area contributed by atoms with Gasteiger partial charge in [0.2, 0.25) is 17.7 Å². The van der Waals surface area contributed by atoms with Gasteiger partial charge in [-0.1, -0.05) is 54.6 Å². The number of piperazine rings is 1. The Balaban J connectivity index is 1.40. The van der Waals surface area contributed by atoms with Gasteiger partial charge in [0.05, 0.1) is 19.8 Å². The Morgan fingerprint density at radius 3 is 1.95 bits per heavy atom. The third-order valence-corrected chi connectivity index (χ3v) is 10.3. The van der Waals surface area contributed by atoms with Crippen LogP contribution in [0.5, 0.6) is 11.5 Å². The summed E-state index contributed by atoms with van der Waals surface area (Å²) in [5, 5.41) is 0. The van der Waals surface area contributed by atoms with Gasteiger partial charge in [-0.3, -0.25) is 14.4 Å². The van der Waals surface area contributed by atoms with E-state index in [9.17, 15) is 27.6 Å². The van der Waals surface area contributed by atoms with E-state index >= 15 is 0 Å². The van der Waals surface area contributed by atoms with Crippen LogP contribution >= 0.6 is 0 Å². The van der Waals surface area contributed by atoms with Crippen LogP contribution < -0.4 is 14.4 Å². The van der Waals surface area contributed by atoms with Crippen molar-refractivity contribution in [1.29, 1.82) is 0 Å². The Kier molecular flexibility index (Phi) is 15.0. The van der Waals surface area contributed by atoms with Crippen molar-refractivity contribution in [2.24, 2.45) is 0 Å². The van der Waals surface area contributed by atoms with Gasteiger partial charge in [0.15, 0.2) is 0 Å². The summed E-state index contributed by atoms with van der Waals surface area (Å²) in [6, 6.07) is 26.6. The first-order valence-corrected chi connectivity index (χ1v) is 19.2. The molecule has 10 nitrogen and oxygen atoms in total. The number of carbonyl (C=O) groups excluding carboxylic acids is 3. The van der Waals surface area contributed by atoms with E-state index < -0.39 is 23.7 Å². The molecule has 1 atom stereocenters. The van der Waals surface area contributed by atoms with Crippen molar-refractivity contribution < 1.29 is 37.0 Å². The third kappa shape index (κ3) is 12.1. The fraction of sp³-hybridized carbons (Fsp3) is 0.356. The Hall–Kier alpha value is -5.82. The lowest BCUT2D eigenvalue weighted by Crippen LogP contribution is -2.51. The maximum atomic E-state index is 14.6. The number of amides is 3. The first-order chi connectivity index (χ1) is 27.7. The molecule has 4 aromatic rings. The SMILES string of the molecule is COc1cc(CN(C)CCN(C)C(=O)[C@H](Cc2ccccc2)N(Cc2ccc(N3CCN(C(C)=O)CC3)cc2)C(=O)C=Cc2ccc(C(F)(F)F)cc2)cc(OC)c1. The summed E-state index contributed by atoms with van der Waals surface area (Å²) in [5.74, 6) is 0.697. The van der Waals surface area contributed by atoms with E-state index in [1.165, 1.54) is 24.3 Å². The number of alkyl halides is 3. The van der Waals surface area contributed by atoms with Gasteiger partial charge in [0.1, 0.15) is 17.5 Å². The number of halogens is 3. The first-order valence-electron chi connectivity index (χ1n) is 19.2. The molecule has 1 aliphatic heterocycles. The summed E-state index contributed by atoms with van der Waals surface area (Å²) in [7, 11) is 6.89. The highest BCUT2D eigenvalue weighted by Gasteiger charge is 2.32. The lowest BCUT2D eigenvalue weighted by molar-refractivity contribution is -0.143. The van der Waals surface area contributed by atoms with Gasteiger partial charge < -0.3 is 34.0 Å². The molecule has 0 bridgehead atoms. The largest absolute Gasteiger partial charge is 0.497 e. The molecular formula is C45H52F3N5O5. The van der Waals surface area contributed by atoms with Crippen LogP contribution in [0, 0.1) is 0 Å². The van der Waals surface area contributed by atoms with Crippen molar-refractivity contribution in [2.75, 3.05) is 72.5 Å². The second-order valence-electron chi connectivity index (χ2n) is 14.5. The van der Waals surface area contributed by atoms with Crippen LogP contribution in [0.25, 0.3) is 6.08 Å². The number of nitrogens with zero attached hydrogens (tertiary/aromatic N) is 5. The molecule has 4 aromatic carbocycles. The molecule has 1 heterocycles. The molecule has 0 aliphatic carbocycles. The summed E-state index contributed by atoms with van der Waals surface area (Å²) < 4.78 is 50.6. The standard InChI is InChI=1S/C45H52F3N5O5/c1-33(54)51-23-25-52(26-24-51)39-18-13-36(14-19-39)32-53(43(55)20-15-34-11-16-38(17-12-34)45(46,47)48)42(29-35-9-7-6-8-10-35)44(56)50(3)22-21-49(2)31-37-27-40(57-4)30-41(28-37)58-5/h6-20,27-28,30,42H,21-26,29,31-32H2,1-5H3/t42-/m0/s1. The highest BCUT2D eigenvalue weighted by atomic mass is 19.4. The maximum absolute atomic E-state index is 14.6. The molecular weight excluding hydrogens is 748 g/mol. The predicted octanol–water partition coefficient (Wildman–Crippen LogP) is 6.63. The van der Waals surface area contributed by atoms with E-state index in [1.807, 2.05) is 84.7 Å². The molecule has 1 aliphatic rings. The summed E-state index contributed by atoms with van der Waals surface area (Å²) in [4.78, 5) is 50.0. The van der Waals surface area contributed by atoms with E-state index in [0.29, 0.717) is 62.9 Å². The number of benzene rings is 4. The summed E-state index contributed by atoms with van der Waals surface area (Å²) >= 11 is 0. The Morgan fingerprint density at radius 1 is 0.759 bits per heavy atom. The molecule has 1 saturated heterocycles. The molecule has 0 saturated carbocycles. The molecule has 5 rings (SSSR count). The van der Waals surface area contributed by atoms with Gasteiger partial charge in [-0.15, -0.1) is 0 Å². The zero-order valence-corrected chi connectivity index (χ0v) is 33.7. The van der Waals surface area contributed by atoms with Crippen molar-refractivity contribution in [2.45, 2.75) is 38.7 Å². The Morgan fingerprint density at radius 2 is 1.38 bits per heavy atom. The van der Waals surface area contributed by atoms with Crippen molar-refractivity contribution in [3.8, 4) is 11.5 Å². The van der Waals surface area contributed by atoms with Gasteiger partial charge in [0, 0.05) is 90.6 Å². The van der Waals surface area contributed by atoms with Crippen molar-refractivity contribution in [3.63, 3.8) is 0 Å². The normalized spacial score (nSPS) is 13.7. The predicted molar refractivity (Wildman–Crippen MR) is 219 cm³/mol. The van der Waals surface area contributed by atoms with E-state index in [1.54, 1.807) is 38.0 Å². The maximum Gasteiger partial charge on any atom is 0.416 e. The zero-order chi connectivity index (χ0) is 41.8. The van der Waals surface area contributed by atoms with Gasteiger partial charge in [-0.2, -0.15) is 13.2 Å². The molecule has 0 unspecified atom stereocenters. The number of hydrogen-bond acceptors (Lipinski definition) is 7. The number of carbonyl (C=O) groups is 3.